The summed E-state index contributed by atoms with van der Waals surface area (Å²) in [7, 11) is 3.33. The maximum atomic E-state index is 10.7. The Morgan fingerprint density at radius 3 is 2.90 bits per heavy atom. The number of methoxy groups -OCH3 is 2. The summed E-state index contributed by atoms with van der Waals surface area (Å²) >= 11 is 0. The van der Waals surface area contributed by atoms with E-state index >= 15 is 0 Å². The van der Waals surface area contributed by atoms with Crippen LogP contribution in [-0.4, -0.2) is 49.4 Å². The average molecular weight is 291 g/mol. The minimum Gasteiger partial charge on any atom is -0.496 e. The zero-order chi connectivity index (χ0) is 15.2. The summed E-state index contributed by atoms with van der Waals surface area (Å²) in [5.41, 5.74) is 1.91. The first-order chi connectivity index (χ1) is 10.1. The topological polar surface area (TPSA) is 59.0 Å². The molecule has 1 heterocycles. The van der Waals surface area contributed by atoms with E-state index in [1.165, 1.54) is 0 Å². The number of hydrogen-bond acceptors (Lipinski definition) is 4. The van der Waals surface area contributed by atoms with Gasteiger partial charge in [0.25, 0.3) is 0 Å². The Morgan fingerprint density at radius 1 is 1.48 bits per heavy atom. The lowest BCUT2D eigenvalue weighted by Gasteiger charge is -2.16. The first-order valence-corrected chi connectivity index (χ1v) is 6.95. The van der Waals surface area contributed by atoms with Gasteiger partial charge in [-0.3, -0.25) is 4.90 Å². The third-order valence-electron chi connectivity index (χ3n) is 3.67. The van der Waals surface area contributed by atoms with Gasteiger partial charge in [-0.05, 0) is 30.2 Å². The molecule has 0 spiro atoms. The zero-order valence-electron chi connectivity index (χ0n) is 12.4. The molecule has 0 bridgehead atoms. The lowest BCUT2D eigenvalue weighted by atomic mass is 10.1. The Kier molecular flexibility index (Phi) is 5.36. The quantitative estimate of drug-likeness (QED) is 0.813. The SMILES string of the molecule is COc1ccc(CN2CCC(OC)C2)cc1/C=C/C(=O)O. The molecular weight excluding hydrogens is 270 g/mol. The van der Waals surface area contributed by atoms with Gasteiger partial charge in [0.1, 0.15) is 5.75 Å². The van der Waals surface area contributed by atoms with Crippen LogP contribution >= 0.6 is 0 Å². The number of carboxylic acid groups (broad SMARTS) is 1. The van der Waals surface area contributed by atoms with Crippen molar-refractivity contribution in [2.45, 2.75) is 19.1 Å². The molecular formula is C16H21NO4. The molecule has 1 aliphatic heterocycles. The summed E-state index contributed by atoms with van der Waals surface area (Å²) in [5, 5.41) is 8.74. The molecule has 5 heteroatoms. The van der Waals surface area contributed by atoms with Crippen LogP contribution in [0.2, 0.25) is 0 Å². The monoisotopic (exact) mass is 291 g/mol. The number of benzene rings is 1. The molecule has 1 saturated heterocycles. The van der Waals surface area contributed by atoms with E-state index < -0.39 is 5.97 Å². The second kappa shape index (κ2) is 7.24. The number of carboxylic acids is 1. The Balaban J connectivity index is 2.10. The molecule has 1 aliphatic rings. The van der Waals surface area contributed by atoms with Gasteiger partial charge in [-0.1, -0.05) is 6.07 Å². The van der Waals surface area contributed by atoms with E-state index in [1.807, 2.05) is 18.2 Å². The third-order valence-corrected chi connectivity index (χ3v) is 3.67. The van der Waals surface area contributed by atoms with Crippen LogP contribution in [0.3, 0.4) is 0 Å². The molecule has 1 aromatic rings. The Labute approximate surface area is 124 Å². The molecule has 0 saturated carbocycles. The second-order valence-corrected chi connectivity index (χ2v) is 5.13. The first kappa shape index (κ1) is 15.5. The van der Waals surface area contributed by atoms with Crippen molar-refractivity contribution in [2.24, 2.45) is 0 Å². The second-order valence-electron chi connectivity index (χ2n) is 5.13. The van der Waals surface area contributed by atoms with Crippen molar-refractivity contribution >= 4 is 12.0 Å². The van der Waals surface area contributed by atoms with Gasteiger partial charge in [-0.15, -0.1) is 0 Å². The standard InChI is InChI=1S/C16H21NO4/c1-20-14-7-8-17(11-14)10-12-3-5-15(21-2)13(9-12)4-6-16(18)19/h3-6,9,14H,7-8,10-11H2,1-2H3,(H,18,19)/b6-4+. The van der Waals surface area contributed by atoms with Gasteiger partial charge in [0, 0.05) is 38.4 Å². The number of nitrogens with zero attached hydrogens (tertiary/aromatic N) is 1. The molecule has 1 fully saturated rings. The predicted molar refractivity (Wildman–Crippen MR) is 80.4 cm³/mol. The van der Waals surface area contributed by atoms with Crippen molar-refractivity contribution in [3.8, 4) is 5.75 Å². The Bertz CT molecular complexity index is 527. The number of aliphatic carboxylic acids is 1. The summed E-state index contributed by atoms with van der Waals surface area (Å²) < 4.78 is 10.6. The van der Waals surface area contributed by atoms with Crippen LogP contribution in [0.25, 0.3) is 6.08 Å². The summed E-state index contributed by atoms with van der Waals surface area (Å²) in [6.07, 6.45) is 4.05. The van der Waals surface area contributed by atoms with Crippen LogP contribution in [0.5, 0.6) is 5.75 Å². The molecule has 2 rings (SSSR count). The molecule has 1 unspecified atom stereocenters. The van der Waals surface area contributed by atoms with Gasteiger partial charge in [0.15, 0.2) is 0 Å². The highest BCUT2D eigenvalue weighted by Crippen LogP contribution is 2.23. The van der Waals surface area contributed by atoms with E-state index in [0.717, 1.165) is 43.3 Å². The summed E-state index contributed by atoms with van der Waals surface area (Å²) in [4.78, 5) is 13.0. The molecule has 114 valence electrons. The minimum absolute atomic E-state index is 0.314. The Hall–Kier alpha value is -1.85. The third kappa shape index (κ3) is 4.31. The molecule has 0 aliphatic carbocycles. The highest BCUT2D eigenvalue weighted by Gasteiger charge is 2.21. The van der Waals surface area contributed by atoms with Gasteiger partial charge >= 0.3 is 5.97 Å². The molecule has 21 heavy (non-hydrogen) atoms. The van der Waals surface area contributed by atoms with Crippen molar-refractivity contribution < 1.29 is 19.4 Å². The predicted octanol–water partition coefficient (Wildman–Crippen LogP) is 2.01. The van der Waals surface area contributed by atoms with Gasteiger partial charge in [-0.2, -0.15) is 0 Å². The molecule has 1 aromatic carbocycles. The number of carbonyl (C=O) groups is 1. The number of ether oxygens (including phenoxy) is 2. The fourth-order valence-electron chi connectivity index (χ4n) is 2.56. The fraction of sp³-hybridized carbons (Fsp3) is 0.438. The average Bonchev–Trinajstić information content (AvgIpc) is 2.93. The van der Waals surface area contributed by atoms with Crippen molar-refractivity contribution in [1.82, 2.24) is 4.90 Å². The summed E-state index contributed by atoms with van der Waals surface area (Å²) in [6.45, 7) is 2.78. The lowest BCUT2D eigenvalue weighted by Crippen LogP contribution is -2.22. The minimum atomic E-state index is -0.968. The van der Waals surface area contributed by atoms with Crippen molar-refractivity contribution in [3.05, 3.63) is 35.4 Å². The highest BCUT2D eigenvalue weighted by molar-refractivity contribution is 5.85. The van der Waals surface area contributed by atoms with Crippen LogP contribution in [0, 0.1) is 0 Å². The van der Waals surface area contributed by atoms with E-state index in [4.69, 9.17) is 14.6 Å². The smallest absolute Gasteiger partial charge is 0.328 e. The van der Waals surface area contributed by atoms with Gasteiger partial charge < -0.3 is 14.6 Å². The van der Waals surface area contributed by atoms with Crippen LogP contribution in [-0.2, 0) is 16.1 Å². The van der Waals surface area contributed by atoms with Crippen LogP contribution in [0.4, 0.5) is 0 Å². The molecule has 1 N–H and O–H groups in total. The molecule has 0 radical (unpaired) electrons. The van der Waals surface area contributed by atoms with Gasteiger partial charge in [-0.25, -0.2) is 4.79 Å². The summed E-state index contributed by atoms with van der Waals surface area (Å²) in [5.74, 6) is -0.294. The first-order valence-electron chi connectivity index (χ1n) is 6.95. The maximum absolute atomic E-state index is 10.7. The molecule has 0 aromatic heterocycles. The summed E-state index contributed by atoms with van der Waals surface area (Å²) in [6, 6.07) is 5.86. The number of likely N-dealkylation sites (tertiary alicyclic amines) is 1. The fourth-order valence-corrected chi connectivity index (χ4v) is 2.56. The molecule has 1 atom stereocenters. The van der Waals surface area contributed by atoms with Gasteiger partial charge in [0.05, 0.1) is 13.2 Å². The van der Waals surface area contributed by atoms with Crippen LogP contribution in [0.15, 0.2) is 24.3 Å². The Morgan fingerprint density at radius 2 is 2.29 bits per heavy atom. The molecule has 0 amide bonds. The highest BCUT2D eigenvalue weighted by atomic mass is 16.5. The van der Waals surface area contributed by atoms with Gasteiger partial charge in [0.2, 0.25) is 0 Å². The van der Waals surface area contributed by atoms with Crippen molar-refractivity contribution in [3.63, 3.8) is 0 Å². The van der Waals surface area contributed by atoms with Crippen molar-refractivity contribution in [2.75, 3.05) is 27.3 Å². The molecule has 5 nitrogen and oxygen atoms in total. The lowest BCUT2D eigenvalue weighted by molar-refractivity contribution is -0.131. The van der Waals surface area contributed by atoms with Crippen molar-refractivity contribution in [1.29, 1.82) is 0 Å². The van der Waals surface area contributed by atoms with Crippen LogP contribution < -0.4 is 4.74 Å². The number of rotatable bonds is 6. The van der Waals surface area contributed by atoms with Crippen LogP contribution in [0.1, 0.15) is 17.5 Å². The zero-order valence-corrected chi connectivity index (χ0v) is 12.4. The van der Waals surface area contributed by atoms with E-state index in [1.54, 1.807) is 20.3 Å². The van der Waals surface area contributed by atoms with E-state index in [-0.39, 0.29) is 0 Å². The van der Waals surface area contributed by atoms with E-state index in [0.29, 0.717) is 11.9 Å². The maximum Gasteiger partial charge on any atom is 0.328 e. The van der Waals surface area contributed by atoms with E-state index in [9.17, 15) is 4.79 Å². The largest absolute Gasteiger partial charge is 0.496 e. The number of hydrogen-bond donors (Lipinski definition) is 1. The van der Waals surface area contributed by atoms with E-state index in [2.05, 4.69) is 4.90 Å². The normalized spacial score (nSPS) is 19.2.